The number of ether oxygens (including phenoxy) is 1. The third-order valence-electron chi connectivity index (χ3n) is 7.66. The molecule has 0 saturated heterocycles. The molecule has 0 amide bonds. The number of H-pyrrole nitrogens is 1. The SMILES string of the molecule is CCC(=O)c1cc2nccc(Oc3cc(F)c(CC(=O)c4c(C)[nH]c(C)c(-c5ccc(F)cc5C)c4=O)cc3F)c2cc1C. The van der Waals surface area contributed by atoms with Crippen molar-refractivity contribution in [1.82, 2.24) is 9.97 Å². The van der Waals surface area contributed by atoms with Gasteiger partial charge in [-0.25, -0.2) is 13.2 Å². The predicted octanol–water partition coefficient (Wildman–Crippen LogP) is 8.05. The van der Waals surface area contributed by atoms with Gasteiger partial charge in [0, 0.05) is 53.0 Å². The Kier molecular flexibility index (Phi) is 8.23. The Morgan fingerprint density at radius 3 is 2.30 bits per heavy atom. The van der Waals surface area contributed by atoms with Crippen molar-refractivity contribution in [3.63, 3.8) is 0 Å². The summed E-state index contributed by atoms with van der Waals surface area (Å²) in [5, 5.41) is 0.512. The zero-order valence-electron chi connectivity index (χ0n) is 24.8. The van der Waals surface area contributed by atoms with Gasteiger partial charge < -0.3 is 9.72 Å². The Hall–Kier alpha value is -5.05. The molecule has 1 N–H and O–H groups in total. The molecule has 2 aromatic heterocycles. The van der Waals surface area contributed by atoms with Gasteiger partial charge in [-0.3, -0.25) is 19.4 Å². The highest BCUT2D eigenvalue weighted by Crippen LogP contribution is 2.34. The fourth-order valence-corrected chi connectivity index (χ4v) is 5.46. The van der Waals surface area contributed by atoms with Crippen LogP contribution in [0.25, 0.3) is 22.0 Å². The number of halogens is 3. The first kappa shape index (κ1) is 30.4. The molecule has 0 spiro atoms. The predicted molar refractivity (Wildman–Crippen MR) is 162 cm³/mol. The van der Waals surface area contributed by atoms with Gasteiger partial charge in [-0.1, -0.05) is 13.0 Å². The summed E-state index contributed by atoms with van der Waals surface area (Å²) < 4.78 is 50.0. The largest absolute Gasteiger partial charge is 0.453 e. The lowest BCUT2D eigenvalue weighted by atomic mass is 9.93. The van der Waals surface area contributed by atoms with Crippen molar-refractivity contribution in [2.24, 2.45) is 0 Å². The van der Waals surface area contributed by atoms with Crippen LogP contribution in [0.2, 0.25) is 0 Å². The summed E-state index contributed by atoms with van der Waals surface area (Å²) in [4.78, 5) is 46.5. The molecule has 0 bridgehead atoms. The number of carbonyl (C=O) groups excluding carboxylic acids is 2. The van der Waals surface area contributed by atoms with E-state index in [2.05, 4.69) is 9.97 Å². The topological polar surface area (TPSA) is 89.1 Å². The Balaban J connectivity index is 1.46. The first-order valence-corrected chi connectivity index (χ1v) is 14.0. The zero-order valence-corrected chi connectivity index (χ0v) is 24.8. The number of hydrogen-bond donors (Lipinski definition) is 1. The molecule has 0 aliphatic carbocycles. The lowest BCUT2D eigenvalue weighted by Gasteiger charge is -2.14. The maximum absolute atomic E-state index is 15.3. The molecular weight excluding hydrogens is 569 g/mol. The molecular formula is C35H29F3N2O4. The quantitative estimate of drug-likeness (QED) is 0.183. The van der Waals surface area contributed by atoms with Crippen LogP contribution in [0.4, 0.5) is 13.2 Å². The average molecular weight is 599 g/mol. The molecule has 0 saturated carbocycles. The van der Waals surface area contributed by atoms with Crippen molar-refractivity contribution in [3.05, 3.63) is 122 Å². The molecule has 44 heavy (non-hydrogen) atoms. The number of Topliss-reactive ketones (excluding diaryl/α,β-unsaturated/α-hetero) is 2. The number of nitrogens with zero attached hydrogens (tertiary/aromatic N) is 1. The number of aromatic nitrogens is 2. The standard InChI is InChI=1S/C35H29F3N2O4/c1-6-29(41)24-15-28-25(12-18(24)3)31(9-10-39-28)44-32-16-26(37)21(13-27(32)38)14-30(42)34-20(5)40-19(4)33(35(34)43)23-8-7-22(36)11-17(23)2/h7-13,15-16H,6,14H2,1-5H3,(H,40,43). The number of ketones is 2. The number of hydrogen-bond acceptors (Lipinski definition) is 5. The molecule has 0 fully saturated rings. The van der Waals surface area contributed by atoms with Crippen molar-refractivity contribution in [2.75, 3.05) is 0 Å². The number of carbonyl (C=O) groups is 2. The number of aryl methyl sites for hydroxylation is 4. The van der Waals surface area contributed by atoms with Gasteiger partial charge in [0.05, 0.1) is 11.1 Å². The third-order valence-corrected chi connectivity index (χ3v) is 7.66. The van der Waals surface area contributed by atoms with Crippen LogP contribution < -0.4 is 10.2 Å². The van der Waals surface area contributed by atoms with Gasteiger partial charge in [-0.15, -0.1) is 0 Å². The van der Waals surface area contributed by atoms with E-state index in [-0.39, 0.29) is 33.9 Å². The van der Waals surface area contributed by atoms with Crippen LogP contribution in [-0.2, 0) is 6.42 Å². The summed E-state index contributed by atoms with van der Waals surface area (Å²) >= 11 is 0. The minimum absolute atomic E-state index is 0.0413. The van der Waals surface area contributed by atoms with E-state index in [1.807, 2.05) is 0 Å². The fraction of sp³-hybridized carbons (Fsp3) is 0.200. The number of aromatic amines is 1. The van der Waals surface area contributed by atoms with Gasteiger partial charge in [0.25, 0.3) is 0 Å². The summed E-state index contributed by atoms with van der Waals surface area (Å²) in [6, 6.07) is 10.6. The second kappa shape index (κ2) is 11.9. The Labute approximate surface area is 251 Å². The maximum atomic E-state index is 15.3. The average Bonchev–Trinajstić information content (AvgIpc) is 2.96. The first-order valence-electron chi connectivity index (χ1n) is 14.0. The number of benzene rings is 3. The van der Waals surface area contributed by atoms with E-state index >= 15 is 8.78 Å². The number of pyridine rings is 2. The number of rotatable bonds is 8. The molecule has 0 atom stereocenters. The van der Waals surface area contributed by atoms with Crippen LogP contribution in [0, 0.1) is 45.1 Å². The number of fused-ring (bicyclic) bond motifs is 1. The zero-order chi connectivity index (χ0) is 31.9. The monoisotopic (exact) mass is 598 g/mol. The highest BCUT2D eigenvalue weighted by molar-refractivity contribution is 6.02. The summed E-state index contributed by atoms with van der Waals surface area (Å²) in [5.41, 5.74) is 2.62. The van der Waals surface area contributed by atoms with Crippen molar-refractivity contribution >= 4 is 22.5 Å². The molecule has 5 rings (SSSR count). The van der Waals surface area contributed by atoms with Gasteiger partial charge in [-0.2, -0.15) is 0 Å². The first-order chi connectivity index (χ1) is 20.9. The van der Waals surface area contributed by atoms with E-state index < -0.39 is 40.8 Å². The van der Waals surface area contributed by atoms with E-state index in [4.69, 9.17) is 4.74 Å². The molecule has 224 valence electrons. The molecule has 0 aliphatic rings. The highest BCUT2D eigenvalue weighted by Gasteiger charge is 2.23. The lowest BCUT2D eigenvalue weighted by Crippen LogP contribution is -2.23. The van der Waals surface area contributed by atoms with Gasteiger partial charge >= 0.3 is 0 Å². The van der Waals surface area contributed by atoms with Crippen LogP contribution >= 0.6 is 0 Å². The van der Waals surface area contributed by atoms with Crippen molar-refractivity contribution in [3.8, 4) is 22.6 Å². The van der Waals surface area contributed by atoms with E-state index in [0.29, 0.717) is 45.3 Å². The molecule has 0 radical (unpaired) electrons. The molecule has 3 aromatic carbocycles. The van der Waals surface area contributed by atoms with Gasteiger partial charge in [0.15, 0.2) is 23.1 Å². The Bertz CT molecular complexity index is 2050. The van der Waals surface area contributed by atoms with Crippen LogP contribution in [0.1, 0.15) is 62.1 Å². The van der Waals surface area contributed by atoms with Crippen LogP contribution in [0.15, 0.2) is 59.5 Å². The Morgan fingerprint density at radius 2 is 1.59 bits per heavy atom. The molecule has 0 aliphatic heterocycles. The molecule has 5 aromatic rings. The van der Waals surface area contributed by atoms with Gasteiger partial charge in [0.2, 0.25) is 5.43 Å². The summed E-state index contributed by atoms with van der Waals surface area (Å²) in [7, 11) is 0. The number of nitrogens with one attached hydrogen (secondary N) is 1. The minimum Gasteiger partial charge on any atom is -0.453 e. The van der Waals surface area contributed by atoms with Crippen LogP contribution in [-0.4, -0.2) is 21.5 Å². The summed E-state index contributed by atoms with van der Waals surface area (Å²) in [6.45, 7) is 8.42. The van der Waals surface area contributed by atoms with Crippen molar-refractivity contribution in [1.29, 1.82) is 0 Å². The summed E-state index contributed by atoms with van der Waals surface area (Å²) in [5.74, 6) is -3.21. The van der Waals surface area contributed by atoms with Gasteiger partial charge in [0.1, 0.15) is 17.4 Å². The maximum Gasteiger partial charge on any atom is 0.200 e. The van der Waals surface area contributed by atoms with Crippen LogP contribution in [0.3, 0.4) is 0 Å². The lowest BCUT2D eigenvalue weighted by molar-refractivity contribution is 0.0980. The fourth-order valence-electron chi connectivity index (χ4n) is 5.46. The minimum atomic E-state index is -0.911. The van der Waals surface area contributed by atoms with E-state index in [1.165, 1.54) is 30.5 Å². The Morgan fingerprint density at radius 1 is 0.841 bits per heavy atom. The van der Waals surface area contributed by atoms with E-state index in [9.17, 15) is 18.8 Å². The normalized spacial score (nSPS) is 11.2. The molecule has 9 heteroatoms. The molecule has 6 nitrogen and oxygen atoms in total. The van der Waals surface area contributed by atoms with Crippen LogP contribution in [0.5, 0.6) is 11.5 Å². The third kappa shape index (κ3) is 5.65. The summed E-state index contributed by atoms with van der Waals surface area (Å²) in [6.07, 6.45) is 1.19. The second-order valence-corrected chi connectivity index (χ2v) is 10.8. The van der Waals surface area contributed by atoms with E-state index in [0.717, 1.165) is 12.1 Å². The van der Waals surface area contributed by atoms with Crippen molar-refractivity contribution in [2.45, 2.75) is 47.5 Å². The van der Waals surface area contributed by atoms with Gasteiger partial charge in [-0.05, 0) is 86.3 Å². The van der Waals surface area contributed by atoms with Crippen molar-refractivity contribution < 1.29 is 27.5 Å². The molecule has 2 heterocycles. The smallest absolute Gasteiger partial charge is 0.200 e. The van der Waals surface area contributed by atoms with E-state index in [1.54, 1.807) is 46.8 Å². The highest BCUT2D eigenvalue weighted by atomic mass is 19.1. The molecule has 0 unspecified atom stereocenters. The second-order valence-electron chi connectivity index (χ2n) is 10.8.